The van der Waals surface area contributed by atoms with Crippen LogP contribution in [0.15, 0.2) is 18.2 Å². The summed E-state index contributed by atoms with van der Waals surface area (Å²) in [5, 5.41) is 22.6. The van der Waals surface area contributed by atoms with Crippen molar-refractivity contribution in [3.63, 3.8) is 0 Å². The van der Waals surface area contributed by atoms with Crippen LogP contribution in [0.3, 0.4) is 0 Å². The first-order chi connectivity index (χ1) is 8.76. The van der Waals surface area contributed by atoms with Crippen molar-refractivity contribution >= 4 is 17.3 Å². The summed E-state index contributed by atoms with van der Waals surface area (Å²) in [6.07, 6.45) is 0. The van der Waals surface area contributed by atoms with E-state index in [0.29, 0.717) is 18.0 Å². The number of nitrogens with one attached hydrogen (secondary N) is 1. The highest BCUT2D eigenvalue weighted by Crippen LogP contribution is 2.28. The first-order valence-electron chi connectivity index (χ1n) is 5.70. The van der Waals surface area contributed by atoms with E-state index in [0.717, 1.165) is 0 Å². The SMILES string of the molecule is CCOc1cc(NC(C)(C)C(=O)O)cc([N+](=O)[O-])c1. The lowest BCUT2D eigenvalue weighted by atomic mass is 10.1. The second-order valence-electron chi connectivity index (χ2n) is 4.46. The second kappa shape index (κ2) is 5.55. The Morgan fingerprint density at radius 2 is 2.11 bits per heavy atom. The van der Waals surface area contributed by atoms with E-state index in [2.05, 4.69) is 5.32 Å². The van der Waals surface area contributed by atoms with Crippen molar-refractivity contribution in [2.45, 2.75) is 26.3 Å². The van der Waals surface area contributed by atoms with Gasteiger partial charge in [-0.3, -0.25) is 10.1 Å². The van der Waals surface area contributed by atoms with Crippen molar-refractivity contribution in [3.05, 3.63) is 28.3 Å². The average molecular weight is 268 g/mol. The van der Waals surface area contributed by atoms with Gasteiger partial charge in [0.15, 0.2) is 0 Å². The molecular formula is C12H16N2O5. The Morgan fingerprint density at radius 3 is 2.58 bits per heavy atom. The topological polar surface area (TPSA) is 102 Å². The molecule has 1 rings (SSSR count). The number of nitro benzene ring substituents is 1. The third-order valence-electron chi connectivity index (χ3n) is 2.40. The molecule has 1 aromatic rings. The summed E-state index contributed by atoms with van der Waals surface area (Å²) < 4.78 is 5.22. The fourth-order valence-electron chi connectivity index (χ4n) is 1.43. The van der Waals surface area contributed by atoms with Crippen LogP contribution in [0.2, 0.25) is 0 Å². The van der Waals surface area contributed by atoms with Crippen molar-refractivity contribution < 1.29 is 19.6 Å². The number of carboxylic acid groups (broad SMARTS) is 1. The van der Waals surface area contributed by atoms with Crippen molar-refractivity contribution in [2.75, 3.05) is 11.9 Å². The van der Waals surface area contributed by atoms with Crippen LogP contribution in [-0.4, -0.2) is 28.1 Å². The number of benzene rings is 1. The molecule has 0 radical (unpaired) electrons. The fraction of sp³-hybridized carbons (Fsp3) is 0.417. The van der Waals surface area contributed by atoms with Gasteiger partial charge in [-0.2, -0.15) is 0 Å². The number of non-ortho nitro benzene ring substituents is 1. The number of anilines is 1. The van der Waals surface area contributed by atoms with Gasteiger partial charge in [0.05, 0.1) is 17.6 Å². The lowest BCUT2D eigenvalue weighted by Gasteiger charge is -2.22. The van der Waals surface area contributed by atoms with E-state index in [-0.39, 0.29) is 5.69 Å². The van der Waals surface area contributed by atoms with Gasteiger partial charge in [-0.15, -0.1) is 0 Å². The number of carbonyl (C=O) groups is 1. The minimum Gasteiger partial charge on any atom is -0.494 e. The Labute approximate surface area is 110 Å². The molecule has 0 unspecified atom stereocenters. The van der Waals surface area contributed by atoms with Crippen LogP contribution < -0.4 is 10.1 Å². The maximum atomic E-state index is 11.0. The maximum absolute atomic E-state index is 11.0. The summed E-state index contributed by atoms with van der Waals surface area (Å²) >= 11 is 0. The second-order valence-corrected chi connectivity index (χ2v) is 4.46. The van der Waals surface area contributed by atoms with E-state index in [9.17, 15) is 14.9 Å². The van der Waals surface area contributed by atoms with Crippen LogP contribution in [0, 0.1) is 10.1 Å². The van der Waals surface area contributed by atoms with Crippen molar-refractivity contribution in [1.82, 2.24) is 0 Å². The molecule has 19 heavy (non-hydrogen) atoms. The molecule has 0 amide bonds. The Morgan fingerprint density at radius 1 is 1.47 bits per heavy atom. The Hall–Kier alpha value is -2.31. The number of rotatable bonds is 6. The Kier molecular flexibility index (Phi) is 4.31. The number of hydrogen-bond acceptors (Lipinski definition) is 5. The van der Waals surface area contributed by atoms with E-state index in [1.165, 1.54) is 32.0 Å². The number of hydrogen-bond donors (Lipinski definition) is 2. The molecule has 0 spiro atoms. The van der Waals surface area contributed by atoms with Crippen molar-refractivity contribution in [3.8, 4) is 5.75 Å². The van der Waals surface area contributed by atoms with Gasteiger partial charge in [-0.1, -0.05) is 0 Å². The minimum absolute atomic E-state index is 0.158. The van der Waals surface area contributed by atoms with E-state index < -0.39 is 16.4 Å². The molecular weight excluding hydrogens is 252 g/mol. The van der Waals surface area contributed by atoms with Crippen LogP contribution in [0.4, 0.5) is 11.4 Å². The highest BCUT2D eigenvalue weighted by atomic mass is 16.6. The quantitative estimate of drug-likeness (QED) is 0.606. The summed E-state index contributed by atoms with van der Waals surface area (Å²) in [6, 6.07) is 4.09. The van der Waals surface area contributed by atoms with E-state index in [4.69, 9.17) is 9.84 Å². The van der Waals surface area contributed by atoms with Gasteiger partial charge in [0.1, 0.15) is 11.3 Å². The first-order valence-corrected chi connectivity index (χ1v) is 5.70. The van der Waals surface area contributed by atoms with Crippen molar-refractivity contribution in [2.24, 2.45) is 0 Å². The van der Waals surface area contributed by atoms with E-state index in [1.54, 1.807) is 6.92 Å². The lowest BCUT2D eigenvalue weighted by Crippen LogP contribution is -2.39. The monoisotopic (exact) mass is 268 g/mol. The van der Waals surface area contributed by atoms with Gasteiger partial charge in [0, 0.05) is 17.8 Å². The molecule has 104 valence electrons. The lowest BCUT2D eigenvalue weighted by molar-refractivity contribution is -0.384. The summed E-state index contributed by atoms with van der Waals surface area (Å²) in [5.41, 5.74) is -1.07. The summed E-state index contributed by atoms with van der Waals surface area (Å²) in [5.74, 6) is -0.739. The standard InChI is InChI=1S/C12H16N2O5/c1-4-19-10-6-8(5-9(7-10)14(17)18)13-12(2,3)11(15)16/h5-7,13H,4H2,1-3H3,(H,15,16). The smallest absolute Gasteiger partial charge is 0.328 e. The Bertz CT molecular complexity index is 499. The zero-order chi connectivity index (χ0) is 14.6. The molecule has 7 nitrogen and oxygen atoms in total. The van der Waals surface area contributed by atoms with E-state index in [1.807, 2.05) is 0 Å². The molecule has 0 aliphatic rings. The summed E-state index contributed by atoms with van der Waals surface area (Å²) in [4.78, 5) is 21.3. The normalized spacial score (nSPS) is 10.9. The maximum Gasteiger partial charge on any atom is 0.328 e. The average Bonchev–Trinajstić information content (AvgIpc) is 2.28. The molecule has 0 aliphatic heterocycles. The predicted molar refractivity (Wildman–Crippen MR) is 69.6 cm³/mol. The largest absolute Gasteiger partial charge is 0.494 e. The van der Waals surface area contributed by atoms with E-state index >= 15 is 0 Å². The fourth-order valence-corrected chi connectivity index (χ4v) is 1.43. The number of nitrogens with zero attached hydrogens (tertiary/aromatic N) is 1. The third kappa shape index (κ3) is 3.84. The van der Waals surface area contributed by atoms with Crippen LogP contribution in [0.5, 0.6) is 5.75 Å². The van der Waals surface area contributed by atoms with Crippen LogP contribution in [0.1, 0.15) is 20.8 Å². The summed E-state index contributed by atoms with van der Waals surface area (Å²) in [6.45, 7) is 5.05. The summed E-state index contributed by atoms with van der Waals surface area (Å²) in [7, 11) is 0. The van der Waals surface area contributed by atoms with Crippen molar-refractivity contribution in [1.29, 1.82) is 0 Å². The zero-order valence-electron chi connectivity index (χ0n) is 11.0. The number of aliphatic carboxylic acids is 1. The zero-order valence-corrected chi connectivity index (χ0v) is 11.0. The molecule has 0 aliphatic carbocycles. The molecule has 7 heteroatoms. The Balaban J connectivity index is 3.12. The molecule has 0 atom stereocenters. The predicted octanol–water partition coefficient (Wildman–Crippen LogP) is 2.27. The first kappa shape index (κ1) is 14.7. The van der Waals surface area contributed by atoms with Gasteiger partial charge in [0.2, 0.25) is 0 Å². The highest BCUT2D eigenvalue weighted by molar-refractivity contribution is 5.82. The van der Waals surface area contributed by atoms with Crippen LogP contribution in [-0.2, 0) is 4.79 Å². The molecule has 1 aromatic carbocycles. The number of nitro groups is 1. The van der Waals surface area contributed by atoms with Gasteiger partial charge < -0.3 is 15.2 Å². The highest BCUT2D eigenvalue weighted by Gasteiger charge is 2.27. The number of carboxylic acids is 1. The molecule has 2 N–H and O–H groups in total. The molecule has 0 saturated carbocycles. The van der Waals surface area contributed by atoms with Gasteiger partial charge in [-0.05, 0) is 20.8 Å². The molecule has 0 saturated heterocycles. The molecule has 0 aromatic heterocycles. The van der Waals surface area contributed by atoms with Gasteiger partial charge in [0.25, 0.3) is 5.69 Å². The molecule has 0 bridgehead atoms. The third-order valence-corrected chi connectivity index (χ3v) is 2.40. The van der Waals surface area contributed by atoms with Crippen LogP contribution >= 0.6 is 0 Å². The minimum atomic E-state index is -1.24. The molecule has 0 heterocycles. The molecule has 0 fully saturated rings. The van der Waals surface area contributed by atoms with Gasteiger partial charge in [-0.25, -0.2) is 4.79 Å². The van der Waals surface area contributed by atoms with Gasteiger partial charge >= 0.3 is 5.97 Å². The number of ether oxygens (including phenoxy) is 1. The van der Waals surface area contributed by atoms with Crippen LogP contribution in [0.25, 0.3) is 0 Å².